The minimum Gasteiger partial charge on any atom is -0.376 e. The molecule has 1 aliphatic rings. The SMILES string of the molecule is CCCNCCCCS(=O)(=O)NCC1COCCO1. The van der Waals surface area contributed by atoms with Crippen LogP contribution in [0.25, 0.3) is 0 Å². The summed E-state index contributed by atoms with van der Waals surface area (Å²) in [5, 5.41) is 3.25. The van der Waals surface area contributed by atoms with Gasteiger partial charge in [-0.1, -0.05) is 6.92 Å². The van der Waals surface area contributed by atoms with Gasteiger partial charge in [-0.25, -0.2) is 13.1 Å². The number of hydrogen-bond acceptors (Lipinski definition) is 5. The van der Waals surface area contributed by atoms with Gasteiger partial charge in [0.2, 0.25) is 10.0 Å². The highest BCUT2D eigenvalue weighted by atomic mass is 32.2. The molecule has 1 heterocycles. The molecule has 0 aliphatic carbocycles. The molecule has 0 aromatic rings. The van der Waals surface area contributed by atoms with Crippen LogP contribution in [0.3, 0.4) is 0 Å². The Morgan fingerprint density at radius 2 is 2.05 bits per heavy atom. The second-order valence-corrected chi connectivity index (χ2v) is 6.62. The molecule has 114 valence electrons. The van der Waals surface area contributed by atoms with Gasteiger partial charge >= 0.3 is 0 Å². The maximum absolute atomic E-state index is 11.7. The zero-order valence-corrected chi connectivity index (χ0v) is 12.5. The third-order valence-corrected chi connectivity index (χ3v) is 4.29. The summed E-state index contributed by atoms with van der Waals surface area (Å²) in [6.45, 7) is 5.87. The van der Waals surface area contributed by atoms with E-state index in [-0.39, 0.29) is 11.9 Å². The minimum absolute atomic E-state index is 0.158. The van der Waals surface area contributed by atoms with Crippen molar-refractivity contribution in [1.82, 2.24) is 10.0 Å². The van der Waals surface area contributed by atoms with Gasteiger partial charge in [0.25, 0.3) is 0 Å². The molecule has 1 fully saturated rings. The highest BCUT2D eigenvalue weighted by molar-refractivity contribution is 7.89. The van der Waals surface area contributed by atoms with Gasteiger partial charge in [0, 0.05) is 6.54 Å². The Labute approximate surface area is 116 Å². The highest BCUT2D eigenvalue weighted by Crippen LogP contribution is 2.01. The van der Waals surface area contributed by atoms with Crippen LogP contribution >= 0.6 is 0 Å². The van der Waals surface area contributed by atoms with Crippen LogP contribution in [0, 0.1) is 0 Å². The quantitative estimate of drug-likeness (QED) is 0.559. The van der Waals surface area contributed by atoms with E-state index in [1.54, 1.807) is 0 Å². The van der Waals surface area contributed by atoms with Crippen molar-refractivity contribution in [2.75, 3.05) is 45.2 Å². The molecule has 0 spiro atoms. The number of hydrogen-bond donors (Lipinski definition) is 2. The summed E-state index contributed by atoms with van der Waals surface area (Å²) < 4.78 is 36.6. The first-order valence-corrected chi connectivity index (χ1v) is 8.66. The summed E-state index contributed by atoms with van der Waals surface area (Å²) in [5.74, 6) is 0.175. The molecule has 0 bridgehead atoms. The van der Waals surface area contributed by atoms with E-state index in [1.807, 2.05) is 0 Å². The first-order chi connectivity index (χ1) is 9.14. The van der Waals surface area contributed by atoms with Gasteiger partial charge in [-0.3, -0.25) is 0 Å². The molecular formula is C12H26N2O4S. The summed E-state index contributed by atoms with van der Waals surface area (Å²) in [4.78, 5) is 0. The fraction of sp³-hybridized carbons (Fsp3) is 1.00. The molecule has 1 aliphatic heterocycles. The van der Waals surface area contributed by atoms with Gasteiger partial charge in [0.15, 0.2) is 0 Å². The van der Waals surface area contributed by atoms with Crippen LogP contribution in [0.4, 0.5) is 0 Å². The Morgan fingerprint density at radius 3 is 2.74 bits per heavy atom. The molecule has 0 aromatic heterocycles. The van der Waals surface area contributed by atoms with Gasteiger partial charge in [-0.15, -0.1) is 0 Å². The highest BCUT2D eigenvalue weighted by Gasteiger charge is 2.17. The molecule has 7 heteroatoms. The topological polar surface area (TPSA) is 76.7 Å². The molecule has 2 N–H and O–H groups in total. The van der Waals surface area contributed by atoms with Crippen molar-refractivity contribution in [2.24, 2.45) is 0 Å². The van der Waals surface area contributed by atoms with Crippen molar-refractivity contribution in [3.05, 3.63) is 0 Å². The average molecular weight is 294 g/mol. The third kappa shape index (κ3) is 8.54. The zero-order valence-electron chi connectivity index (χ0n) is 11.7. The van der Waals surface area contributed by atoms with Gasteiger partial charge in [-0.2, -0.15) is 0 Å². The lowest BCUT2D eigenvalue weighted by molar-refractivity contribution is -0.0846. The Morgan fingerprint density at radius 1 is 1.21 bits per heavy atom. The smallest absolute Gasteiger partial charge is 0.211 e. The van der Waals surface area contributed by atoms with E-state index in [0.717, 1.165) is 25.9 Å². The standard InChI is InChI=1S/C12H26N2O4S/c1-2-5-13-6-3-4-9-19(15,16)14-10-12-11-17-7-8-18-12/h12-14H,2-11H2,1H3. The Bertz CT molecular complexity index is 316. The zero-order chi connectivity index (χ0) is 14.0. The number of nitrogens with one attached hydrogen (secondary N) is 2. The monoisotopic (exact) mass is 294 g/mol. The van der Waals surface area contributed by atoms with E-state index in [4.69, 9.17) is 9.47 Å². The fourth-order valence-corrected chi connectivity index (χ4v) is 2.96. The van der Waals surface area contributed by atoms with E-state index in [0.29, 0.717) is 32.8 Å². The van der Waals surface area contributed by atoms with E-state index < -0.39 is 10.0 Å². The summed E-state index contributed by atoms with van der Waals surface area (Å²) in [7, 11) is -3.19. The molecule has 0 aromatic carbocycles. The van der Waals surface area contributed by atoms with Crippen LogP contribution in [-0.2, 0) is 19.5 Å². The van der Waals surface area contributed by atoms with Crippen molar-refractivity contribution in [2.45, 2.75) is 32.3 Å². The van der Waals surface area contributed by atoms with Gasteiger partial charge < -0.3 is 14.8 Å². The van der Waals surface area contributed by atoms with E-state index >= 15 is 0 Å². The van der Waals surface area contributed by atoms with E-state index in [9.17, 15) is 8.42 Å². The van der Waals surface area contributed by atoms with E-state index in [1.165, 1.54) is 0 Å². The number of sulfonamides is 1. The second kappa shape index (κ2) is 9.66. The van der Waals surface area contributed by atoms with Crippen LogP contribution in [0.2, 0.25) is 0 Å². The molecule has 1 rings (SSSR count). The van der Waals surface area contributed by atoms with Gasteiger partial charge in [-0.05, 0) is 32.4 Å². The molecular weight excluding hydrogens is 268 g/mol. The molecule has 19 heavy (non-hydrogen) atoms. The van der Waals surface area contributed by atoms with E-state index in [2.05, 4.69) is 17.0 Å². The van der Waals surface area contributed by atoms with Crippen molar-refractivity contribution in [1.29, 1.82) is 0 Å². The first kappa shape index (κ1) is 16.8. The fourth-order valence-electron chi connectivity index (χ4n) is 1.79. The predicted molar refractivity (Wildman–Crippen MR) is 74.7 cm³/mol. The normalized spacial score (nSPS) is 20.6. The molecule has 0 saturated carbocycles. The number of rotatable bonds is 10. The maximum atomic E-state index is 11.7. The van der Waals surface area contributed by atoms with Crippen LogP contribution in [-0.4, -0.2) is 59.7 Å². The lowest BCUT2D eigenvalue weighted by Gasteiger charge is -2.23. The average Bonchev–Trinajstić information content (AvgIpc) is 2.42. The second-order valence-electron chi connectivity index (χ2n) is 4.69. The van der Waals surface area contributed by atoms with Gasteiger partial charge in [0.1, 0.15) is 0 Å². The maximum Gasteiger partial charge on any atom is 0.211 e. The predicted octanol–water partition coefficient (Wildman–Crippen LogP) is 0.101. The molecule has 6 nitrogen and oxygen atoms in total. The molecule has 1 saturated heterocycles. The number of ether oxygens (including phenoxy) is 2. The summed E-state index contributed by atoms with van der Waals surface area (Å²) in [5.41, 5.74) is 0. The summed E-state index contributed by atoms with van der Waals surface area (Å²) >= 11 is 0. The van der Waals surface area contributed by atoms with Crippen LogP contribution in [0.5, 0.6) is 0 Å². The lowest BCUT2D eigenvalue weighted by atomic mass is 10.3. The van der Waals surface area contributed by atoms with Crippen LogP contribution in [0.15, 0.2) is 0 Å². The Hall–Kier alpha value is -0.210. The molecule has 0 amide bonds. The summed E-state index contributed by atoms with van der Waals surface area (Å²) in [6, 6.07) is 0. The van der Waals surface area contributed by atoms with Crippen molar-refractivity contribution >= 4 is 10.0 Å². The van der Waals surface area contributed by atoms with Gasteiger partial charge in [0.05, 0.1) is 31.7 Å². The third-order valence-electron chi connectivity index (χ3n) is 2.86. The summed E-state index contributed by atoms with van der Waals surface area (Å²) in [6.07, 6.45) is 2.50. The molecule has 1 unspecified atom stereocenters. The Balaban J connectivity index is 2.06. The van der Waals surface area contributed by atoms with Crippen LogP contribution in [0.1, 0.15) is 26.2 Å². The molecule has 0 radical (unpaired) electrons. The molecule has 1 atom stereocenters. The van der Waals surface area contributed by atoms with Crippen LogP contribution < -0.4 is 10.0 Å². The van der Waals surface area contributed by atoms with Crippen molar-refractivity contribution in [3.63, 3.8) is 0 Å². The lowest BCUT2D eigenvalue weighted by Crippen LogP contribution is -2.40. The minimum atomic E-state index is -3.19. The largest absolute Gasteiger partial charge is 0.376 e. The number of unbranched alkanes of at least 4 members (excludes halogenated alkanes) is 1. The first-order valence-electron chi connectivity index (χ1n) is 7.01. The van der Waals surface area contributed by atoms with Crippen molar-refractivity contribution in [3.8, 4) is 0 Å². The Kier molecular flexibility index (Phi) is 8.56. The van der Waals surface area contributed by atoms with Crippen molar-refractivity contribution < 1.29 is 17.9 Å².